The number of hydrogen-bond donors (Lipinski definition) is 0. The van der Waals surface area contributed by atoms with E-state index >= 15 is 0 Å². The van der Waals surface area contributed by atoms with Gasteiger partial charge in [-0.2, -0.15) is 23.5 Å². The maximum atomic E-state index is 11.4. The lowest BCUT2D eigenvalue weighted by atomic mass is 10.0. The lowest BCUT2D eigenvalue weighted by molar-refractivity contribution is -0.383. The lowest BCUT2D eigenvalue weighted by Gasteiger charge is -2.27. The second-order valence-electron chi connectivity index (χ2n) is 6.61. The van der Waals surface area contributed by atoms with Gasteiger partial charge in [-0.3, -0.25) is 10.1 Å². The number of nitro groups is 1. The highest BCUT2D eigenvalue weighted by Gasteiger charge is 2.29. The van der Waals surface area contributed by atoms with Crippen LogP contribution in [0.1, 0.15) is 60.4 Å². The molecule has 0 amide bonds. The number of benzene rings is 1. The summed E-state index contributed by atoms with van der Waals surface area (Å²) < 4.78 is 0. The fourth-order valence-corrected chi connectivity index (χ4v) is 6.26. The molecule has 25 heavy (non-hydrogen) atoms. The normalized spacial score (nSPS) is 24.3. The Balaban J connectivity index is 1.86. The van der Waals surface area contributed by atoms with E-state index in [-0.39, 0.29) is 10.6 Å². The van der Waals surface area contributed by atoms with Crippen LogP contribution in [-0.2, 0) is 0 Å². The number of thioether (sulfide) groups is 2. The standard InChI is InChI=1S/C18H21N3O2S2/c22-21(23)13-7-5-6-12-16(13)20-18(15-9-2-4-11-25-15)17(19-12)14-8-1-3-10-24-14/h5-7,14-15H,1-4,8-11H2. The van der Waals surface area contributed by atoms with Crippen LogP contribution in [0.5, 0.6) is 0 Å². The highest BCUT2D eigenvalue weighted by Crippen LogP contribution is 2.45. The number of non-ortho nitro benzene ring substituents is 1. The fourth-order valence-electron chi connectivity index (χ4n) is 3.62. The quantitative estimate of drug-likeness (QED) is 0.524. The third-order valence-corrected chi connectivity index (χ3v) is 7.67. The molecule has 1 aromatic carbocycles. The van der Waals surface area contributed by atoms with E-state index in [4.69, 9.17) is 9.97 Å². The summed E-state index contributed by atoms with van der Waals surface area (Å²) in [6.07, 6.45) is 7.16. The maximum absolute atomic E-state index is 11.4. The van der Waals surface area contributed by atoms with Gasteiger partial charge in [-0.25, -0.2) is 9.97 Å². The molecule has 0 N–H and O–H groups in total. The van der Waals surface area contributed by atoms with Crippen molar-refractivity contribution in [2.24, 2.45) is 0 Å². The Kier molecular flexibility index (Phi) is 5.12. The van der Waals surface area contributed by atoms with Crippen LogP contribution in [0.4, 0.5) is 5.69 Å². The average molecular weight is 376 g/mol. The molecule has 0 bridgehead atoms. The summed E-state index contributed by atoms with van der Waals surface area (Å²) in [5.74, 6) is 2.30. The van der Waals surface area contributed by atoms with Crippen LogP contribution in [0.15, 0.2) is 18.2 Å². The topological polar surface area (TPSA) is 68.9 Å². The Labute approximate surface area is 155 Å². The first-order valence-corrected chi connectivity index (χ1v) is 11.0. The summed E-state index contributed by atoms with van der Waals surface area (Å²) >= 11 is 3.90. The highest BCUT2D eigenvalue weighted by atomic mass is 32.2. The van der Waals surface area contributed by atoms with Gasteiger partial charge in [0.25, 0.3) is 5.69 Å². The molecule has 2 saturated heterocycles. The van der Waals surface area contributed by atoms with Crippen LogP contribution in [0.3, 0.4) is 0 Å². The second-order valence-corrected chi connectivity index (χ2v) is 9.23. The zero-order chi connectivity index (χ0) is 17.2. The fraction of sp³-hybridized carbons (Fsp3) is 0.556. The molecule has 1 aromatic heterocycles. The third-order valence-electron chi connectivity index (χ3n) is 4.90. The first-order valence-electron chi connectivity index (χ1n) is 8.92. The Bertz CT molecular complexity index is 787. The van der Waals surface area contributed by atoms with Gasteiger partial charge >= 0.3 is 0 Å². The molecule has 7 heteroatoms. The van der Waals surface area contributed by atoms with Crippen molar-refractivity contribution < 1.29 is 4.92 Å². The predicted octanol–water partition coefficient (Wildman–Crippen LogP) is 5.45. The minimum atomic E-state index is -0.343. The van der Waals surface area contributed by atoms with E-state index in [1.807, 2.05) is 29.6 Å². The Hall–Kier alpha value is -1.34. The molecule has 4 rings (SSSR count). The Morgan fingerprint density at radius 1 is 0.960 bits per heavy atom. The van der Waals surface area contributed by atoms with Gasteiger partial charge in [0.1, 0.15) is 0 Å². The second kappa shape index (κ2) is 7.50. The van der Waals surface area contributed by atoms with Gasteiger partial charge < -0.3 is 0 Å². The Morgan fingerprint density at radius 3 is 2.16 bits per heavy atom. The minimum absolute atomic E-state index is 0.0647. The molecule has 132 valence electrons. The molecule has 2 fully saturated rings. The van der Waals surface area contributed by atoms with Gasteiger partial charge in [0.2, 0.25) is 0 Å². The van der Waals surface area contributed by atoms with Crippen LogP contribution in [0.25, 0.3) is 11.0 Å². The van der Waals surface area contributed by atoms with Crippen molar-refractivity contribution >= 4 is 40.2 Å². The van der Waals surface area contributed by atoms with Crippen molar-refractivity contribution in [3.8, 4) is 0 Å². The number of fused-ring (bicyclic) bond motifs is 1. The smallest absolute Gasteiger partial charge is 0.258 e. The molecule has 0 saturated carbocycles. The summed E-state index contributed by atoms with van der Waals surface area (Å²) in [7, 11) is 0. The van der Waals surface area contributed by atoms with Crippen molar-refractivity contribution in [1.82, 2.24) is 9.97 Å². The number of nitro benzene ring substituents is 1. The van der Waals surface area contributed by atoms with Gasteiger partial charge in [-0.1, -0.05) is 18.9 Å². The van der Waals surface area contributed by atoms with E-state index in [0.717, 1.165) is 35.7 Å². The number of rotatable bonds is 3. The SMILES string of the molecule is O=[N+]([O-])c1cccc2nc(C3CCCCS3)c(C3CCCCS3)nc12. The molecular formula is C18H21N3O2S2. The number of aromatic nitrogens is 2. The number of hydrogen-bond acceptors (Lipinski definition) is 6. The van der Waals surface area contributed by atoms with Crippen LogP contribution in [0, 0.1) is 10.1 Å². The molecular weight excluding hydrogens is 354 g/mol. The summed E-state index contributed by atoms with van der Waals surface area (Å²) in [5, 5.41) is 12.1. The first kappa shape index (κ1) is 17.1. The summed E-state index contributed by atoms with van der Waals surface area (Å²) in [6.45, 7) is 0. The van der Waals surface area contributed by atoms with Gasteiger partial charge in [0.05, 0.1) is 21.8 Å². The van der Waals surface area contributed by atoms with E-state index in [1.54, 1.807) is 6.07 Å². The zero-order valence-corrected chi connectivity index (χ0v) is 15.7. The molecule has 2 atom stereocenters. The average Bonchev–Trinajstić information content (AvgIpc) is 2.67. The highest BCUT2D eigenvalue weighted by molar-refractivity contribution is 7.99. The monoisotopic (exact) mass is 375 g/mol. The van der Waals surface area contributed by atoms with Gasteiger partial charge in [-0.05, 0) is 43.3 Å². The number of para-hydroxylation sites is 1. The van der Waals surface area contributed by atoms with E-state index in [1.165, 1.54) is 31.7 Å². The van der Waals surface area contributed by atoms with Gasteiger partial charge in [0, 0.05) is 16.6 Å². The third kappa shape index (κ3) is 3.49. The lowest BCUT2D eigenvalue weighted by Crippen LogP contribution is -2.14. The molecule has 2 unspecified atom stereocenters. The van der Waals surface area contributed by atoms with Crippen LogP contribution < -0.4 is 0 Å². The van der Waals surface area contributed by atoms with Crippen LogP contribution in [-0.4, -0.2) is 26.4 Å². The summed E-state index contributed by atoms with van der Waals surface area (Å²) in [6, 6.07) is 5.09. The molecule has 5 nitrogen and oxygen atoms in total. The molecule has 0 spiro atoms. The molecule has 2 aliphatic heterocycles. The van der Waals surface area contributed by atoms with Crippen molar-refractivity contribution in [1.29, 1.82) is 0 Å². The number of nitrogens with zero attached hydrogens (tertiary/aromatic N) is 3. The van der Waals surface area contributed by atoms with Gasteiger partial charge in [-0.15, -0.1) is 0 Å². The van der Waals surface area contributed by atoms with Crippen LogP contribution in [0.2, 0.25) is 0 Å². The molecule has 2 aliphatic rings. The largest absolute Gasteiger partial charge is 0.297 e. The molecule has 0 aliphatic carbocycles. The minimum Gasteiger partial charge on any atom is -0.258 e. The first-order chi connectivity index (χ1) is 12.2. The summed E-state index contributed by atoms with van der Waals surface area (Å²) in [4.78, 5) is 20.8. The van der Waals surface area contributed by atoms with Crippen molar-refractivity contribution in [2.75, 3.05) is 11.5 Å². The van der Waals surface area contributed by atoms with Gasteiger partial charge in [0.15, 0.2) is 5.52 Å². The van der Waals surface area contributed by atoms with Crippen molar-refractivity contribution in [2.45, 2.75) is 49.0 Å². The predicted molar refractivity (Wildman–Crippen MR) is 104 cm³/mol. The summed E-state index contributed by atoms with van der Waals surface area (Å²) in [5.41, 5.74) is 3.25. The Morgan fingerprint density at radius 2 is 1.60 bits per heavy atom. The van der Waals surface area contributed by atoms with E-state index in [9.17, 15) is 10.1 Å². The molecule has 3 heterocycles. The molecule has 0 radical (unpaired) electrons. The molecule has 2 aromatic rings. The van der Waals surface area contributed by atoms with Crippen molar-refractivity contribution in [3.63, 3.8) is 0 Å². The van der Waals surface area contributed by atoms with E-state index in [2.05, 4.69) is 0 Å². The van der Waals surface area contributed by atoms with Crippen molar-refractivity contribution in [3.05, 3.63) is 39.7 Å². The zero-order valence-electron chi connectivity index (χ0n) is 14.0. The maximum Gasteiger partial charge on any atom is 0.297 e. The van der Waals surface area contributed by atoms with E-state index < -0.39 is 0 Å². The van der Waals surface area contributed by atoms with Crippen LogP contribution >= 0.6 is 23.5 Å². The van der Waals surface area contributed by atoms with E-state index in [0.29, 0.717) is 21.5 Å².